The highest BCUT2D eigenvalue weighted by Gasteiger charge is 2.13. The molecule has 1 atom stereocenters. The lowest BCUT2D eigenvalue weighted by Crippen LogP contribution is -2.11. The van der Waals surface area contributed by atoms with Crippen molar-refractivity contribution < 1.29 is 10.0 Å². The van der Waals surface area contributed by atoms with Crippen molar-refractivity contribution in [2.75, 3.05) is 6.54 Å². The molecular formula is C9H12N2O3. The van der Waals surface area contributed by atoms with E-state index in [0.717, 1.165) is 5.56 Å². The number of benzene rings is 1. The van der Waals surface area contributed by atoms with Crippen molar-refractivity contribution in [2.24, 2.45) is 5.73 Å². The zero-order chi connectivity index (χ0) is 10.6. The standard InChI is InChI=1S/C9H12N2O3/c10-5-7-1-3-8(4-2-7)9(12)6-11(13)14/h1-4,9,12H,5-6,10H2. The highest BCUT2D eigenvalue weighted by Crippen LogP contribution is 2.13. The molecule has 0 amide bonds. The van der Waals surface area contributed by atoms with E-state index in [-0.39, 0.29) is 0 Å². The van der Waals surface area contributed by atoms with Gasteiger partial charge in [-0.1, -0.05) is 24.3 Å². The number of nitro groups is 1. The monoisotopic (exact) mass is 196 g/mol. The quantitative estimate of drug-likeness (QED) is 0.540. The van der Waals surface area contributed by atoms with Gasteiger partial charge in [0.2, 0.25) is 6.54 Å². The minimum absolute atomic E-state index is 0.422. The Morgan fingerprint density at radius 3 is 2.43 bits per heavy atom. The SMILES string of the molecule is NCc1ccc(C(O)C[N+](=O)[O-])cc1. The van der Waals surface area contributed by atoms with Crippen LogP contribution in [-0.2, 0) is 6.54 Å². The van der Waals surface area contributed by atoms with E-state index in [1.807, 2.05) is 0 Å². The van der Waals surface area contributed by atoms with Gasteiger partial charge in [0.25, 0.3) is 0 Å². The number of aliphatic hydroxyl groups is 1. The molecule has 14 heavy (non-hydrogen) atoms. The van der Waals surface area contributed by atoms with Gasteiger partial charge in [-0.15, -0.1) is 0 Å². The molecule has 0 aliphatic heterocycles. The highest BCUT2D eigenvalue weighted by atomic mass is 16.6. The van der Waals surface area contributed by atoms with Gasteiger partial charge in [-0.3, -0.25) is 10.1 Å². The number of nitrogens with two attached hydrogens (primary N) is 1. The van der Waals surface area contributed by atoms with Gasteiger partial charge in [0.1, 0.15) is 6.10 Å². The molecule has 5 nitrogen and oxygen atoms in total. The Kier molecular flexibility index (Phi) is 3.55. The third kappa shape index (κ3) is 2.79. The molecule has 0 saturated heterocycles. The number of aliphatic hydroxyl groups excluding tert-OH is 1. The van der Waals surface area contributed by atoms with Crippen LogP contribution in [0.3, 0.4) is 0 Å². The summed E-state index contributed by atoms with van der Waals surface area (Å²) in [7, 11) is 0. The fraction of sp³-hybridized carbons (Fsp3) is 0.333. The zero-order valence-corrected chi connectivity index (χ0v) is 7.59. The Balaban J connectivity index is 2.71. The summed E-state index contributed by atoms with van der Waals surface area (Å²) in [5.74, 6) is 0. The first kappa shape index (κ1) is 10.6. The van der Waals surface area contributed by atoms with Gasteiger partial charge in [-0.25, -0.2) is 0 Å². The van der Waals surface area contributed by atoms with E-state index in [0.29, 0.717) is 12.1 Å². The van der Waals surface area contributed by atoms with Gasteiger partial charge < -0.3 is 10.8 Å². The summed E-state index contributed by atoms with van der Waals surface area (Å²) < 4.78 is 0. The molecule has 1 unspecified atom stereocenters. The fourth-order valence-corrected chi connectivity index (χ4v) is 1.12. The molecule has 0 aliphatic rings. The molecule has 0 bridgehead atoms. The molecule has 0 radical (unpaired) electrons. The minimum Gasteiger partial charge on any atom is -0.382 e. The normalized spacial score (nSPS) is 12.4. The number of rotatable bonds is 4. The van der Waals surface area contributed by atoms with Crippen LogP contribution >= 0.6 is 0 Å². The molecule has 1 aromatic carbocycles. The van der Waals surface area contributed by atoms with E-state index in [2.05, 4.69) is 0 Å². The lowest BCUT2D eigenvalue weighted by molar-refractivity contribution is -0.491. The maximum absolute atomic E-state index is 10.1. The van der Waals surface area contributed by atoms with Crippen molar-refractivity contribution in [2.45, 2.75) is 12.6 Å². The predicted octanol–water partition coefficient (Wildman–Crippen LogP) is 0.455. The Bertz CT molecular complexity index is 310. The summed E-state index contributed by atoms with van der Waals surface area (Å²) in [6.07, 6.45) is -1.04. The van der Waals surface area contributed by atoms with Crippen LogP contribution < -0.4 is 5.73 Å². The van der Waals surface area contributed by atoms with E-state index in [1.54, 1.807) is 24.3 Å². The Morgan fingerprint density at radius 1 is 1.43 bits per heavy atom. The lowest BCUT2D eigenvalue weighted by Gasteiger charge is -2.06. The number of nitrogens with zero attached hydrogens (tertiary/aromatic N) is 1. The molecule has 1 aromatic rings. The molecule has 1 rings (SSSR count). The first-order valence-electron chi connectivity index (χ1n) is 4.22. The third-order valence-electron chi connectivity index (χ3n) is 1.92. The molecular weight excluding hydrogens is 184 g/mol. The number of hydrogen-bond acceptors (Lipinski definition) is 4. The van der Waals surface area contributed by atoms with Crippen molar-refractivity contribution in [1.82, 2.24) is 0 Å². The molecule has 0 heterocycles. The lowest BCUT2D eigenvalue weighted by atomic mass is 10.1. The smallest absolute Gasteiger partial charge is 0.233 e. The summed E-state index contributed by atoms with van der Waals surface area (Å²) in [5, 5.41) is 19.5. The van der Waals surface area contributed by atoms with Crippen LogP contribution in [0.5, 0.6) is 0 Å². The van der Waals surface area contributed by atoms with Crippen molar-refractivity contribution in [3.63, 3.8) is 0 Å². The molecule has 76 valence electrons. The predicted molar refractivity (Wildman–Crippen MR) is 51.2 cm³/mol. The van der Waals surface area contributed by atoms with Crippen LogP contribution in [-0.4, -0.2) is 16.6 Å². The second-order valence-corrected chi connectivity index (χ2v) is 2.98. The van der Waals surface area contributed by atoms with Crippen LogP contribution in [0.25, 0.3) is 0 Å². The molecule has 0 spiro atoms. The van der Waals surface area contributed by atoms with Crippen molar-refractivity contribution in [3.05, 3.63) is 45.5 Å². The average molecular weight is 196 g/mol. The van der Waals surface area contributed by atoms with Crippen LogP contribution in [0, 0.1) is 10.1 Å². The molecule has 0 saturated carbocycles. The second kappa shape index (κ2) is 4.69. The highest BCUT2D eigenvalue weighted by molar-refractivity contribution is 5.23. The van der Waals surface area contributed by atoms with Crippen LogP contribution in [0.2, 0.25) is 0 Å². The average Bonchev–Trinajstić information content (AvgIpc) is 2.17. The molecule has 5 heteroatoms. The van der Waals surface area contributed by atoms with Crippen LogP contribution in [0.1, 0.15) is 17.2 Å². The second-order valence-electron chi connectivity index (χ2n) is 2.98. The van der Waals surface area contributed by atoms with E-state index < -0.39 is 17.6 Å². The molecule has 3 N–H and O–H groups in total. The van der Waals surface area contributed by atoms with Crippen molar-refractivity contribution in [1.29, 1.82) is 0 Å². The Hall–Kier alpha value is -1.46. The largest absolute Gasteiger partial charge is 0.382 e. The Labute approximate surface area is 81.3 Å². The third-order valence-corrected chi connectivity index (χ3v) is 1.92. The van der Waals surface area contributed by atoms with E-state index in [4.69, 9.17) is 5.73 Å². The maximum atomic E-state index is 10.1. The summed E-state index contributed by atoms with van der Waals surface area (Å²) in [4.78, 5) is 9.59. The fourth-order valence-electron chi connectivity index (χ4n) is 1.12. The summed E-state index contributed by atoms with van der Waals surface area (Å²) in [6.45, 7) is -0.0480. The molecule has 0 aliphatic carbocycles. The van der Waals surface area contributed by atoms with E-state index in [1.165, 1.54) is 0 Å². The zero-order valence-electron chi connectivity index (χ0n) is 7.59. The van der Waals surface area contributed by atoms with Gasteiger partial charge >= 0.3 is 0 Å². The summed E-state index contributed by atoms with van der Waals surface area (Å²) >= 11 is 0. The first-order chi connectivity index (χ1) is 6.63. The van der Waals surface area contributed by atoms with Crippen molar-refractivity contribution >= 4 is 0 Å². The van der Waals surface area contributed by atoms with E-state index >= 15 is 0 Å². The van der Waals surface area contributed by atoms with Gasteiger partial charge in [0.05, 0.1) is 0 Å². The molecule has 0 aromatic heterocycles. The van der Waals surface area contributed by atoms with Crippen molar-refractivity contribution in [3.8, 4) is 0 Å². The van der Waals surface area contributed by atoms with Gasteiger partial charge in [0.15, 0.2) is 0 Å². The summed E-state index contributed by atoms with van der Waals surface area (Å²) in [6, 6.07) is 6.80. The van der Waals surface area contributed by atoms with Crippen LogP contribution in [0.15, 0.2) is 24.3 Å². The van der Waals surface area contributed by atoms with Gasteiger partial charge in [-0.05, 0) is 11.1 Å². The first-order valence-corrected chi connectivity index (χ1v) is 4.22. The summed E-state index contributed by atoms with van der Waals surface area (Å²) in [5.41, 5.74) is 6.86. The van der Waals surface area contributed by atoms with Crippen LogP contribution in [0.4, 0.5) is 0 Å². The number of hydrogen-bond donors (Lipinski definition) is 2. The maximum Gasteiger partial charge on any atom is 0.233 e. The van der Waals surface area contributed by atoms with Gasteiger partial charge in [0, 0.05) is 11.5 Å². The molecule has 0 fully saturated rings. The topological polar surface area (TPSA) is 89.4 Å². The van der Waals surface area contributed by atoms with E-state index in [9.17, 15) is 15.2 Å². The van der Waals surface area contributed by atoms with Gasteiger partial charge in [-0.2, -0.15) is 0 Å². The Morgan fingerprint density at radius 2 is 2.00 bits per heavy atom. The minimum atomic E-state index is -1.04.